The van der Waals surface area contributed by atoms with Crippen LogP contribution in [0.5, 0.6) is 0 Å². The number of benzene rings is 1. The number of hydrogen-bond acceptors (Lipinski definition) is 3. The summed E-state index contributed by atoms with van der Waals surface area (Å²) in [4.78, 5) is 16.8. The minimum atomic E-state index is -0.0724. The quantitative estimate of drug-likeness (QED) is 0.858. The summed E-state index contributed by atoms with van der Waals surface area (Å²) < 4.78 is 5.88. The lowest BCUT2D eigenvalue weighted by atomic mass is 10.1. The van der Waals surface area contributed by atoms with Crippen molar-refractivity contribution in [3.05, 3.63) is 34.9 Å². The van der Waals surface area contributed by atoms with Gasteiger partial charge in [0, 0.05) is 31.2 Å². The van der Waals surface area contributed by atoms with E-state index in [4.69, 9.17) is 16.3 Å². The Morgan fingerprint density at radius 1 is 1.23 bits per heavy atom. The molecule has 5 heteroatoms. The van der Waals surface area contributed by atoms with Gasteiger partial charge in [-0.05, 0) is 37.5 Å². The molecule has 3 rings (SSSR count). The first-order valence-electron chi connectivity index (χ1n) is 8.05. The molecule has 4 nitrogen and oxygen atoms in total. The first-order chi connectivity index (χ1) is 10.6. The Morgan fingerprint density at radius 3 is 2.59 bits per heavy atom. The zero-order valence-electron chi connectivity index (χ0n) is 13.0. The molecule has 1 aromatic carbocycles. The first-order valence-corrected chi connectivity index (χ1v) is 8.43. The SMILES string of the molecule is CC(C(=O)N1CCCC1)N1CCOC(c2ccc(Cl)cc2)C1. The molecule has 2 fully saturated rings. The van der Waals surface area contributed by atoms with Crippen LogP contribution in [-0.4, -0.2) is 54.5 Å². The molecule has 0 aliphatic carbocycles. The van der Waals surface area contributed by atoms with Gasteiger partial charge in [-0.1, -0.05) is 23.7 Å². The van der Waals surface area contributed by atoms with Crippen molar-refractivity contribution in [3.8, 4) is 0 Å². The molecule has 1 amide bonds. The number of amides is 1. The molecule has 2 aliphatic rings. The first kappa shape index (κ1) is 15.8. The largest absolute Gasteiger partial charge is 0.371 e. The van der Waals surface area contributed by atoms with Crippen LogP contribution in [0.3, 0.4) is 0 Å². The number of halogens is 1. The van der Waals surface area contributed by atoms with Crippen LogP contribution in [0, 0.1) is 0 Å². The zero-order chi connectivity index (χ0) is 15.5. The van der Waals surface area contributed by atoms with Gasteiger partial charge in [-0.2, -0.15) is 0 Å². The van der Waals surface area contributed by atoms with Crippen LogP contribution < -0.4 is 0 Å². The summed E-state index contributed by atoms with van der Waals surface area (Å²) in [7, 11) is 0. The highest BCUT2D eigenvalue weighted by Crippen LogP contribution is 2.25. The van der Waals surface area contributed by atoms with Crippen molar-refractivity contribution in [2.45, 2.75) is 31.9 Å². The molecule has 0 N–H and O–H groups in total. The molecule has 0 saturated carbocycles. The fourth-order valence-corrected chi connectivity index (χ4v) is 3.38. The molecule has 0 spiro atoms. The number of hydrogen-bond donors (Lipinski definition) is 0. The van der Waals surface area contributed by atoms with Gasteiger partial charge in [-0.15, -0.1) is 0 Å². The predicted molar refractivity (Wildman–Crippen MR) is 87.0 cm³/mol. The lowest BCUT2D eigenvalue weighted by Crippen LogP contribution is -2.50. The molecular weight excluding hydrogens is 300 g/mol. The maximum absolute atomic E-state index is 12.6. The molecule has 2 atom stereocenters. The lowest BCUT2D eigenvalue weighted by molar-refractivity contribution is -0.138. The number of carbonyl (C=O) groups excluding carboxylic acids is 1. The number of morpholine rings is 1. The van der Waals surface area contributed by atoms with E-state index in [1.807, 2.05) is 36.1 Å². The van der Waals surface area contributed by atoms with Crippen molar-refractivity contribution < 1.29 is 9.53 Å². The van der Waals surface area contributed by atoms with Gasteiger partial charge in [0.25, 0.3) is 0 Å². The van der Waals surface area contributed by atoms with Crippen molar-refractivity contribution in [1.82, 2.24) is 9.80 Å². The Labute approximate surface area is 137 Å². The lowest BCUT2D eigenvalue weighted by Gasteiger charge is -2.37. The van der Waals surface area contributed by atoms with Crippen LogP contribution in [-0.2, 0) is 9.53 Å². The topological polar surface area (TPSA) is 32.8 Å². The maximum Gasteiger partial charge on any atom is 0.239 e. The molecule has 2 heterocycles. The highest BCUT2D eigenvalue weighted by molar-refractivity contribution is 6.30. The third-order valence-corrected chi connectivity index (χ3v) is 4.91. The summed E-state index contributed by atoms with van der Waals surface area (Å²) in [6.45, 7) is 6.06. The van der Waals surface area contributed by atoms with Gasteiger partial charge < -0.3 is 9.64 Å². The summed E-state index contributed by atoms with van der Waals surface area (Å²) >= 11 is 5.94. The molecule has 2 unspecified atom stereocenters. The molecule has 0 aromatic heterocycles. The molecular formula is C17H23ClN2O2. The Balaban J connectivity index is 1.64. The van der Waals surface area contributed by atoms with Gasteiger partial charge >= 0.3 is 0 Å². The minimum absolute atomic E-state index is 0.0137. The molecule has 120 valence electrons. The van der Waals surface area contributed by atoms with E-state index in [9.17, 15) is 4.79 Å². The maximum atomic E-state index is 12.6. The summed E-state index contributed by atoms with van der Waals surface area (Å²) in [6.07, 6.45) is 2.28. The second kappa shape index (κ2) is 6.99. The third kappa shape index (κ3) is 3.45. The number of ether oxygens (including phenoxy) is 1. The predicted octanol–water partition coefficient (Wildman–Crippen LogP) is 2.72. The van der Waals surface area contributed by atoms with E-state index in [-0.39, 0.29) is 18.1 Å². The second-order valence-electron chi connectivity index (χ2n) is 6.11. The smallest absolute Gasteiger partial charge is 0.239 e. The second-order valence-corrected chi connectivity index (χ2v) is 6.55. The van der Waals surface area contributed by atoms with Gasteiger partial charge in [0.05, 0.1) is 18.8 Å². The average Bonchev–Trinajstić information content (AvgIpc) is 3.09. The van der Waals surface area contributed by atoms with Gasteiger partial charge in [0.15, 0.2) is 0 Å². The van der Waals surface area contributed by atoms with Crippen molar-refractivity contribution in [3.63, 3.8) is 0 Å². The Morgan fingerprint density at radius 2 is 1.91 bits per heavy atom. The highest BCUT2D eigenvalue weighted by atomic mass is 35.5. The normalized spacial score (nSPS) is 24.5. The molecule has 0 bridgehead atoms. The van der Waals surface area contributed by atoms with Crippen molar-refractivity contribution in [2.24, 2.45) is 0 Å². The summed E-state index contributed by atoms with van der Waals surface area (Å²) in [6, 6.07) is 7.71. The molecule has 0 radical (unpaired) electrons. The Hall–Kier alpha value is -1.10. The van der Waals surface area contributed by atoms with Crippen molar-refractivity contribution >= 4 is 17.5 Å². The number of carbonyl (C=O) groups is 1. The van der Waals surface area contributed by atoms with Crippen molar-refractivity contribution in [1.29, 1.82) is 0 Å². The Bertz CT molecular complexity index is 514. The third-order valence-electron chi connectivity index (χ3n) is 4.66. The number of likely N-dealkylation sites (tertiary alicyclic amines) is 1. The number of nitrogens with zero attached hydrogens (tertiary/aromatic N) is 2. The van der Waals surface area contributed by atoms with Crippen molar-refractivity contribution in [2.75, 3.05) is 32.8 Å². The van der Waals surface area contributed by atoms with E-state index in [1.54, 1.807) is 0 Å². The molecule has 2 aliphatic heterocycles. The monoisotopic (exact) mass is 322 g/mol. The zero-order valence-corrected chi connectivity index (χ0v) is 13.8. The van der Waals surface area contributed by atoms with E-state index in [1.165, 1.54) is 0 Å². The van der Waals surface area contributed by atoms with Crippen LogP contribution in [0.25, 0.3) is 0 Å². The average molecular weight is 323 g/mol. The van der Waals surface area contributed by atoms with Crippen LogP contribution in [0.15, 0.2) is 24.3 Å². The fourth-order valence-electron chi connectivity index (χ4n) is 3.26. The summed E-state index contributed by atoms with van der Waals surface area (Å²) in [5.41, 5.74) is 1.12. The van der Waals surface area contributed by atoms with Gasteiger partial charge in [0.2, 0.25) is 5.91 Å². The summed E-state index contributed by atoms with van der Waals surface area (Å²) in [5, 5.41) is 0.731. The van der Waals surface area contributed by atoms with E-state index in [0.29, 0.717) is 6.61 Å². The van der Waals surface area contributed by atoms with Crippen LogP contribution >= 0.6 is 11.6 Å². The van der Waals surface area contributed by atoms with Crippen LogP contribution in [0.4, 0.5) is 0 Å². The van der Waals surface area contributed by atoms with Gasteiger partial charge in [-0.3, -0.25) is 9.69 Å². The minimum Gasteiger partial charge on any atom is -0.371 e. The van der Waals surface area contributed by atoms with E-state index >= 15 is 0 Å². The van der Waals surface area contributed by atoms with E-state index in [2.05, 4.69) is 4.90 Å². The Kier molecular flexibility index (Phi) is 5.01. The standard InChI is InChI=1S/C17H23ClN2O2/c1-13(17(21)19-8-2-3-9-19)20-10-11-22-16(12-20)14-4-6-15(18)7-5-14/h4-7,13,16H,2-3,8-12H2,1H3. The highest BCUT2D eigenvalue weighted by Gasteiger charge is 2.31. The van der Waals surface area contributed by atoms with E-state index < -0.39 is 0 Å². The molecule has 2 saturated heterocycles. The van der Waals surface area contributed by atoms with E-state index in [0.717, 1.165) is 49.6 Å². The molecule has 1 aromatic rings. The molecule has 22 heavy (non-hydrogen) atoms. The van der Waals surface area contributed by atoms with Gasteiger partial charge in [-0.25, -0.2) is 0 Å². The fraction of sp³-hybridized carbons (Fsp3) is 0.588. The summed E-state index contributed by atoms with van der Waals surface area (Å²) in [5.74, 6) is 0.259. The van der Waals surface area contributed by atoms with Gasteiger partial charge in [0.1, 0.15) is 0 Å². The van der Waals surface area contributed by atoms with Crippen LogP contribution in [0.2, 0.25) is 5.02 Å². The number of rotatable bonds is 3. The van der Waals surface area contributed by atoms with Crippen LogP contribution in [0.1, 0.15) is 31.4 Å².